The highest BCUT2D eigenvalue weighted by molar-refractivity contribution is 5.95. The number of amides is 1. The zero-order valence-corrected chi connectivity index (χ0v) is 9.11. The maximum Gasteiger partial charge on any atom is 0.227 e. The first-order valence-electron chi connectivity index (χ1n) is 5.59. The molecule has 4 heteroatoms. The molecule has 1 aromatic heterocycles. The van der Waals surface area contributed by atoms with E-state index in [9.17, 15) is 9.18 Å². The van der Waals surface area contributed by atoms with Crippen LogP contribution in [-0.2, 0) is 4.79 Å². The predicted octanol–water partition coefficient (Wildman–Crippen LogP) is 2.72. The fourth-order valence-electron chi connectivity index (χ4n) is 1.78. The van der Waals surface area contributed by atoms with Crippen LogP contribution in [0.2, 0.25) is 0 Å². The first-order chi connectivity index (χ1) is 8.24. The van der Waals surface area contributed by atoms with E-state index in [2.05, 4.69) is 10.3 Å². The first kappa shape index (κ1) is 10.2. The van der Waals surface area contributed by atoms with E-state index in [4.69, 9.17) is 0 Å². The summed E-state index contributed by atoms with van der Waals surface area (Å²) in [7, 11) is 0. The van der Waals surface area contributed by atoms with Crippen LogP contribution in [0.1, 0.15) is 12.8 Å². The van der Waals surface area contributed by atoms with Gasteiger partial charge in [0.05, 0.1) is 11.9 Å². The minimum absolute atomic E-state index is 0.0301. The summed E-state index contributed by atoms with van der Waals surface area (Å²) in [6.07, 6.45) is 3.41. The Morgan fingerprint density at radius 2 is 2.24 bits per heavy atom. The monoisotopic (exact) mass is 230 g/mol. The largest absolute Gasteiger partial charge is 0.324 e. The molecule has 1 amide bonds. The van der Waals surface area contributed by atoms with Gasteiger partial charge in [-0.15, -0.1) is 0 Å². The number of benzene rings is 1. The van der Waals surface area contributed by atoms with Gasteiger partial charge in [0.25, 0.3) is 0 Å². The summed E-state index contributed by atoms with van der Waals surface area (Å²) in [5.74, 6) is -0.164. The molecule has 0 saturated heterocycles. The quantitative estimate of drug-likeness (QED) is 0.861. The number of pyridine rings is 1. The average molecular weight is 230 g/mol. The van der Waals surface area contributed by atoms with E-state index in [1.54, 1.807) is 18.2 Å². The molecule has 0 bridgehead atoms. The molecule has 1 aliphatic rings. The Balaban J connectivity index is 1.93. The Hall–Kier alpha value is -1.97. The number of nitrogens with zero attached hydrogens (tertiary/aromatic N) is 1. The maximum absolute atomic E-state index is 13.4. The van der Waals surface area contributed by atoms with E-state index in [-0.39, 0.29) is 17.6 Å². The fraction of sp³-hybridized carbons (Fsp3) is 0.231. The molecular weight excluding hydrogens is 219 g/mol. The van der Waals surface area contributed by atoms with Gasteiger partial charge in [0.1, 0.15) is 11.3 Å². The standard InChI is InChI=1S/C13H11FN2O/c14-11-3-1-2-9-6-10(7-15-12(9)11)16-13(17)8-4-5-8/h1-3,6-8H,4-5H2,(H,16,17). The van der Waals surface area contributed by atoms with Crippen LogP contribution >= 0.6 is 0 Å². The summed E-state index contributed by atoms with van der Waals surface area (Å²) in [5.41, 5.74) is 0.955. The van der Waals surface area contributed by atoms with E-state index < -0.39 is 0 Å². The number of anilines is 1. The lowest BCUT2D eigenvalue weighted by Crippen LogP contribution is -2.13. The molecule has 1 fully saturated rings. The highest BCUT2D eigenvalue weighted by Gasteiger charge is 2.29. The van der Waals surface area contributed by atoms with Gasteiger partial charge in [0.15, 0.2) is 0 Å². The summed E-state index contributed by atoms with van der Waals surface area (Å²) in [6, 6.07) is 6.52. The minimum Gasteiger partial charge on any atom is -0.324 e. The number of hydrogen-bond acceptors (Lipinski definition) is 2. The van der Waals surface area contributed by atoms with Gasteiger partial charge in [-0.05, 0) is 25.0 Å². The molecule has 1 heterocycles. The number of hydrogen-bond donors (Lipinski definition) is 1. The molecule has 3 nitrogen and oxygen atoms in total. The fourth-order valence-corrected chi connectivity index (χ4v) is 1.78. The van der Waals surface area contributed by atoms with Gasteiger partial charge < -0.3 is 5.32 Å². The van der Waals surface area contributed by atoms with Gasteiger partial charge >= 0.3 is 0 Å². The van der Waals surface area contributed by atoms with Crippen LogP contribution in [0, 0.1) is 11.7 Å². The highest BCUT2D eigenvalue weighted by Crippen LogP contribution is 2.30. The number of carbonyl (C=O) groups is 1. The molecule has 1 N–H and O–H groups in total. The van der Waals surface area contributed by atoms with Crippen LogP contribution in [0.3, 0.4) is 0 Å². The highest BCUT2D eigenvalue weighted by atomic mass is 19.1. The molecule has 86 valence electrons. The van der Waals surface area contributed by atoms with Gasteiger partial charge in [0.2, 0.25) is 5.91 Å². The molecule has 0 aliphatic heterocycles. The van der Waals surface area contributed by atoms with Crippen molar-refractivity contribution in [1.29, 1.82) is 0 Å². The Kier molecular flexibility index (Phi) is 2.28. The van der Waals surface area contributed by atoms with E-state index >= 15 is 0 Å². The van der Waals surface area contributed by atoms with Crippen LogP contribution in [-0.4, -0.2) is 10.9 Å². The second-order valence-corrected chi connectivity index (χ2v) is 4.30. The van der Waals surface area contributed by atoms with Crippen LogP contribution < -0.4 is 5.32 Å². The van der Waals surface area contributed by atoms with Gasteiger partial charge in [0, 0.05) is 11.3 Å². The van der Waals surface area contributed by atoms with E-state index in [0.717, 1.165) is 12.8 Å². The van der Waals surface area contributed by atoms with Crippen molar-refractivity contribution in [3.05, 3.63) is 36.3 Å². The molecule has 17 heavy (non-hydrogen) atoms. The summed E-state index contributed by atoms with van der Waals surface area (Å²) in [6.45, 7) is 0. The maximum atomic E-state index is 13.4. The van der Waals surface area contributed by atoms with Crippen molar-refractivity contribution in [2.24, 2.45) is 5.92 Å². The summed E-state index contributed by atoms with van der Waals surface area (Å²) in [4.78, 5) is 15.6. The molecule has 0 radical (unpaired) electrons. The normalized spacial score (nSPS) is 14.9. The molecule has 0 atom stereocenters. The minimum atomic E-state index is -0.345. The molecule has 2 aromatic rings. The second-order valence-electron chi connectivity index (χ2n) is 4.30. The predicted molar refractivity (Wildman–Crippen MR) is 63.1 cm³/mol. The van der Waals surface area contributed by atoms with Crippen LogP contribution in [0.15, 0.2) is 30.5 Å². The average Bonchev–Trinajstić information content (AvgIpc) is 3.13. The van der Waals surface area contributed by atoms with Crippen LogP contribution in [0.5, 0.6) is 0 Å². The Labute approximate surface area is 97.7 Å². The number of aromatic nitrogens is 1. The molecular formula is C13H11FN2O. The number of nitrogens with one attached hydrogen (secondary N) is 1. The van der Waals surface area contributed by atoms with Gasteiger partial charge in [-0.2, -0.15) is 0 Å². The van der Waals surface area contributed by atoms with E-state index in [1.807, 2.05) is 0 Å². The third-order valence-corrected chi connectivity index (χ3v) is 2.88. The van der Waals surface area contributed by atoms with Crippen molar-refractivity contribution in [2.45, 2.75) is 12.8 Å². The Morgan fingerprint density at radius 1 is 1.41 bits per heavy atom. The molecule has 1 aliphatic carbocycles. The lowest BCUT2D eigenvalue weighted by Gasteiger charge is -2.05. The molecule has 3 rings (SSSR count). The van der Waals surface area contributed by atoms with Crippen molar-refractivity contribution in [3.8, 4) is 0 Å². The van der Waals surface area contributed by atoms with Crippen molar-refractivity contribution in [1.82, 2.24) is 4.98 Å². The number of para-hydroxylation sites is 1. The van der Waals surface area contributed by atoms with Crippen molar-refractivity contribution in [2.75, 3.05) is 5.32 Å². The van der Waals surface area contributed by atoms with Crippen LogP contribution in [0.4, 0.5) is 10.1 Å². The Bertz CT molecular complexity index is 593. The summed E-state index contributed by atoms with van der Waals surface area (Å²) in [5, 5.41) is 3.48. The molecule has 0 spiro atoms. The van der Waals surface area contributed by atoms with E-state index in [1.165, 1.54) is 12.3 Å². The summed E-state index contributed by atoms with van der Waals surface area (Å²) >= 11 is 0. The van der Waals surface area contributed by atoms with Crippen LogP contribution in [0.25, 0.3) is 10.9 Å². The van der Waals surface area contributed by atoms with Gasteiger partial charge in [-0.1, -0.05) is 12.1 Å². The van der Waals surface area contributed by atoms with Crippen molar-refractivity contribution in [3.63, 3.8) is 0 Å². The first-order valence-corrected chi connectivity index (χ1v) is 5.59. The van der Waals surface area contributed by atoms with Crippen molar-refractivity contribution >= 4 is 22.5 Å². The number of fused-ring (bicyclic) bond motifs is 1. The number of halogens is 1. The SMILES string of the molecule is O=C(Nc1cnc2c(F)cccc2c1)C1CC1. The van der Waals surface area contributed by atoms with Gasteiger partial charge in [-0.25, -0.2) is 4.39 Å². The molecule has 1 aromatic carbocycles. The smallest absolute Gasteiger partial charge is 0.227 e. The Morgan fingerprint density at radius 3 is 3.00 bits per heavy atom. The zero-order valence-electron chi connectivity index (χ0n) is 9.11. The second kappa shape index (κ2) is 3.80. The number of rotatable bonds is 2. The third kappa shape index (κ3) is 1.98. The zero-order chi connectivity index (χ0) is 11.8. The number of carbonyl (C=O) groups excluding carboxylic acids is 1. The molecule has 1 saturated carbocycles. The van der Waals surface area contributed by atoms with E-state index in [0.29, 0.717) is 16.6 Å². The lowest BCUT2D eigenvalue weighted by molar-refractivity contribution is -0.117. The van der Waals surface area contributed by atoms with Crippen molar-refractivity contribution < 1.29 is 9.18 Å². The topological polar surface area (TPSA) is 42.0 Å². The van der Waals surface area contributed by atoms with Gasteiger partial charge in [-0.3, -0.25) is 9.78 Å². The molecule has 0 unspecified atom stereocenters. The third-order valence-electron chi connectivity index (χ3n) is 2.88. The summed E-state index contributed by atoms with van der Waals surface area (Å²) < 4.78 is 13.4. The lowest BCUT2D eigenvalue weighted by atomic mass is 10.2.